The summed E-state index contributed by atoms with van der Waals surface area (Å²) in [7, 11) is 1.68. The van der Waals surface area contributed by atoms with Gasteiger partial charge in [-0.25, -0.2) is 4.68 Å². The molecule has 0 saturated heterocycles. The molecular weight excluding hydrogens is 478 g/mol. The van der Waals surface area contributed by atoms with Crippen molar-refractivity contribution in [3.8, 4) is 17.3 Å². The quantitative estimate of drug-likeness (QED) is 0.246. The molecule has 0 fully saturated rings. The maximum absolute atomic E-state index is 10.8. The Morgan fingerprint density at radius 1 is 0.947 bits per heavy atom. The van der Waals surface area contributed by atoms with Gasteiger partial charge in [0.1, 0.15) is 5.75 Å². The highest BCUT2D eigenvalue weighted by molar-refractivity contribution is 5.43. The van der Waals surface area contributed by atoms with Crippen LogP contribution in [0.4, 0.5) is 0 Å². The number of aromatic nitrogens is 2. The van der Waals surface area contributed by atoms with Gasteiger partial charge < -0.3 is 19.3 Å². The average molecular weight is 516 g/mol. The Morgan fingerprint density at radius 3 is 2.39 bits per heavy atom. The number of methoxy groups -OCH3 is 1. The zero-order chi connectivity index (χ0) is 26.7. The molecule has 0 amide bonds. The highest BCUT2D eigenvalue weighted by atomic mass is 16.5. The molecule has 7 heteroatoms. The van der Waals surface area contributed by atoms with E-state index in [9.17, 15) is 5.11 Å². The molecule has 3 aromatic carbocycles. The maximum Gasteiger partial charge on any atom is 0.227 e. The predicted octanol–water partition coefficient (Wildman–Crippen LogP) is 5.31. The lowest BCUT2D eigenvalue weighted by Gasteiger charge is -2.25. The van der Waals surface area contributed by atoms with Crippen molar-refractivity contribution in [1.82, 2.24) is 14.7 Å². The second-order valence-corrected chi connectivity index (χ2v) is 9.42. The third-order valence-electron chi connectivity index (χ3n) is 6.23. The summed E-state index contributed by atoms with van der Waals surface area (Å²) in [6.45, 7) is 6.90. The van der Waals surface area contributed by atoms with Gasteiger partial charge in [-0.05, 0) is 49.2 Å². The Bertz CT molecular complexity index is 1260. The van der Waals surface area contributed by atoms with Crippen LogP contribution in [0.3, 0.4) is 0 Å². The fourth-order valence-corrected chi connectivity index (χ4v) is 4.28. The lowest BCUT2D eigenvalue weighted by atomic mass is 10.2. The zero-order valence-electron chi connectivity index (χ0n) is 22.4. The summed E-state index contributed by atoms with van der Waals surface area (Å²) in [6, 6.07) is 27.9. The van der Waals surface area contributed by atoms with Gasteiger partial charge in [0.05, 0.1) is 42.9 Å². The zero-order valence-corrected chi connectivity index (χ0v) is 22.4. The molecule has 0 radical (unpaired) electrons. The molecule has 0 aliphatic rings. The molecule has 1 atom stereocenters. The van der Waals surface area contributed by atoms with Crippen molar-refractivity contribution in [2.75, 3.05) is 33.4 Å². The number of aliphatic hydroxyl groups excluding tert-OH is 1. The maximum atomic E-state index is 10.8. The molecule has 4 rings (SSSR count). The minimum absolute atomic E-state index is 0.243. The van der Waals surface area contributed by atoms with Crippen LogP contribution in [0.5, 0.6) is 11.6 Å². The third kappa shape index (κ3) is 7.76. The number of hydrogen-bond acceptors (Lipinski definition) is 6. The van der Waals surface area contributed by atoms with E-state index in [0.29, 0.717) is 38.7 Å². The van der Waals surface area contributed by atoms with Gasteiger partial charge in [0.2, 0.25) is 5.88 Å². The lowest BCUT2D eigenvalue weighted by Crippen LogP contribution is -2.36. The summed E-state index contributed by atoms with van der Waals surface area (Å²) in [6.07, 6.45) is -0.652. The molecule has 0 unspecified atom stereocenters. The minimum atomic E-state index is -0.652. The van der Waals surface area contributed by atoms with Gasteiger partial charge in [0, 0.05) is 26.7 Å². The second-order valence-electron chi connectivity index (χ2n) is 9.42. The summed E-state index contributed by atoms with van der Waals surface area (Å²) in [5.74, 6) is 1.41. The molecule has 0 aliphatic carbocycles. The first kappa shape index (κ1) is 27.5. The number of benzene rings is 3. The van der Waals surface area contributed by atoms with Crippen molar-refractivity contribution in [3.05, 3.63) is 107 Å². The van der Waals surface area contributed by atoms with Gasteiger partial charge >= 0.3 is 0 Å². The van der Waals surface area contributed by atoms with Gasteiger partial charge in [0.15, 0.2) is 0 Å². The number of para-hydroxylation sites is 1. The molecule has 38 heavy (non-hydrogen) atoms. The molecular formula is C31H37N3O4. The first-order chi connectivity index (χ1) is 18.5. The number of nitrogens with zero attached hydrogens (tertiary/aromatic N) is 3. The van der Waals surface area contributed by atoms with E-state index in [1.54, 1.807) is 7.11 Å². The monoisotopic (exact) mass is 515 g/mol. The van der Waals surface area contributed by atoms with Crippen LogP contribution in [0, 0.1) is 13.8 Å². The van der Waals surface area contributed by atoms with Crippen LogP contribution >= 0.6 is 0 Å². The number of hydrogen-bond donors (Lipinski definition) is 1. The van der Waals surface area contributed by atoms with E-state index < -0.39 is 6.10 Å². The molecule has 0 aliphatic heterocycles. The van der Waals surface area contributed by atoms with Crippen LogP contribution in [-0.4, -0.2) is 59.3 Å². The fraction of sp³-hybridized carbons (Fsp3) is 0.323. The van der Waals surface area contributed by atoms with Crippen molar-refractivity contribution in [1.29, 1.82) is 0 Å². The van der Waals surface area contributed by atoms with E-state index in [0.717, 1.165) is 33.8 Å². The van der Waals surface area contributed by atoms with E-state index in [1.165, 1.54) is 0 Å². The number of rotatable bonds is 14. The van der Waals surface area contributed by atoms with Gasteiger partial charge in [-0.2, -0.15) is 5.10 Å². The standard InChI is InChI=1S/C31H37N3O4/c1-24-11-10-16-29(19-24)38-31-30(25(2)32-34(31)27-14-8-5-9-15-27)21-33(17-18-36-3)20-28(35)23-37-22-26-12-6-4-7-13-26/h4-16,19,28,35H,17-18,20-23H2,1-3H3/t28-/m1/s1. The van der Waals surface area contributed by atoms with Crippen LogP contribution < -0.4 is 4.74 Å². The average Bonchev–Trinajstić information content (AvgIpc) is 3.22. The van der Waals surface area contributed by atoms with E-state index in [-0.39, 0.29) is 6.61 Å². The Morgan fingerprint density at radius 2 is 1.68 bits per heavy atom. The van der Waals surface area contributed by atoms with Gasteiger partial charge in [0.25, 0.3) is 0 Å². The minimum Gasteiger partial charge on any atom is -0.439 e. The van der Waals surface area contributed by atoms with Crippen LogP contribution in [0.1, 0.15) is 22.4 Å². The largest absolute Gasteiger partial charge is 0.439 e. The fourth-order valence-electron chi connectivity index (χ4n) is 4.28. The topological polar surface area (TPSA) is 69.0 Å². The van der Waals surface area contributed by atoms with E-state index in [2.05, 4.69) is 4.90 Å². The first-order valence-corrected chi connectivity index (χ1v) is 12.9. The van der Waals surface area contributed by atoms with Crippen molar-refractivity contribution in [3.63, 3.8) is 0 Å². The molecule has 1 heterocycles. The van der Waals surface area contributed by atoms with E-state index in [4.69, 9.17) is 19.3 Å². The first-order valence-electron chi connectivity index (χ1n) is 12.9. The number of ether oxygens (including phenoxy) is 3. The molecule has 1 N–H and O–H groups in total. The highest BCUT2D eigenvalue weighted by Crippen LogP contribution is 2.32. The molecule has 1 aromatic heterocycles. The van der Waals surface area contributed by atoms with Crippen molar-refractivity contribution < 1.29 is 19.3 Å². The van der Waals surface area contributed by atoms with Crippen LogP contribution in [-0.2, 0) is 22.6 Å². The van der Waals surface area contributed by atoms with Crippen LogP contribution in [0.25, 0.3) is 5.69 Å². The van der Waals surface area contributed by atoms with E-state index in [1.807, 2.05) is 103 Å². The van der Waals surface area contributed by atoms with Crippen LogP contribution in [0.2, 0.25) is 0 Å². The summed E-state index contributed by atoms with van der Waals surface area (Å²) in [5, 5.41) is 15.6. The number of aryl methyl sites for hydroxylation is 2. The smallest absolute Gasteiger partial charge is 0.227 e. The number of aliphatic hydroxyl groups is 1. The highest BCUT2D eigenvalue weighted by Gasteiger charge is 2.23. The molecule has 200 valence electrons. The van der Waals surface area contributed by atoms with Gasteiger partial charge in [-0.15, -0.1) is 0 Å². The third-order valence-corrected chi connectivity index (χ3v) is 6.23. The van der Waals surface area contributed by atoms with Crippen LogP contribution in [0.15, 0.2) is 84.9 Å². The predicted molar refractivity (Wildman–Crippen MR) is 149 cm³/mol. The molecule has 7 nitrogen and oxygen atoms in total. The Labute approximate surface area is 225 Å². The second kappa shape index (κ2) is 13.9. The van der Waals surface area contributed by atoms with Crippen molar-refractivity contribution in [2.24, 2.45) is 0 Å². The lowest BCUT2D eigenvalue weighted by molar-refractivity contribution is 0.00467. The Hall–Kier alpha value is -3.49. The SMILES string of the molecule is COCCN(Cc1c(C)nn(-c2ccccc2)c1Oc1cccc(C)c1)C[C@@H](O)COCc1ccccc1. The van der Waals surface area contributed by atoms with Crippen molar-refractivity contribution in [2.45, 2.75) is 33.1 Å². The summed E-state index contributed by atoms with van der Waals surface area (Å²) in [4.78, 5) is 2.16. The van der Waals surface area contributed by atoms with Crippen molar-refractivity contribution >= 4 is 0 Å². The summed E-state index contributed by atoms with van der Waals surface area (Å²) < 4.78 is 19.5. The van der Waals surface area contributed by atoms with Gasteiger partial charge in [-0.3, -0.25) is 4.90 Å². The normalized spacial score (nSPS) is 12.1. The summed E-state index contributed by atoms with van der Waals surface area (Å²) >= 11 is 0. The Kier molecular flexibility index (Phi) is 10.1. The van der Waals surface area contributed by atoms with Gasteiger partial charge in [-0.1, -0.05) is 60.7 Å². The molecule has 4 aromatic rings. The Balaban J connectivity index is 1.54. The van der Waals surface area contributed by atoms with E-state index >= 15 is 0 Å². The molecule has 0 bridgehead atoms. The summed E-state index contributed by atoms with van der Waals surface area (Å²) in [5.41, 5.74) is 4.95. The molecule has 0 saturated carbocycles. The molecule has 0 spiro atoms.